The molecule has 0 radical (unpaired) electrons. The molecule has 2 fully saturated rings. The third-order valence-corrected chi connectivity index (χ3v) is 4.37. The summed E-state index contributed by atoms with van der Waals surface area (Å²) in [4.78, 5) is 6.55. The van der Waals surface area contributed by atoms with Crippen LogP contribution >= 0.6 is 0 Å². The van der Waals surface area contributed by atoms with Crippen molar-refractivity contribution in [3.05, 3.63) is 18.2 Å². The molecular formula is C15H22N6O2. The van der Waals surface area contributed by atoms with Gasteiger partial charge in [-0.1, -0.05) is 0 Å². The van der Waals surface area contributed by atoms with Crippen molar-refractivity contribution in [2.45, 2.75) is 24.9 Å². The molecular weight excluding hydrogens is 296 g/mol. The fourth-order valence-corrected chi connectivity index (χ4v) is 2.95. The van der Waals surface area contributed by atoms with Crippen LogP contribution in [0.5, 0.6) is 0 Å². The molecule has 2 aromatic heterocycles. The van der Waals surface area contributed by atoms with Crippen LogP contribution < -0.4 is 5.32 Å². The number of rotatable bonds is 6. The van der Waals surface area contributed by atoms with Gasteiger partial charge in [0.1, 0.15) is 5.82 Å². The van der Waals surface area contributed by atoms with Crippen molar-refractivity contribution >= 4 is 11.5 Å². The summed E-state index contributed by atoms with van der Waals surface area (Å²) in [6, 6.07) is 0. The Morgan fingerprint density at radius 1 is 1.30 bits per heavy atom. The zero-order valence-electron chi connectivity index (χ0n) is 13.1. The number of aromatic nitrogens is 4. The number of anilines is 1. The number of hydrogen-bond donors (Lipinski definition) is 2. The van der Waals surface area contributed by atoms with E-state index in [4.69, 9.17) is 4.74 Å². The van der Waals surface area contributed by atoms with Crippen LogP contribution in [0.2, 0.25) is 0 Å². The van der Waals surface area contributed by atoms with Crippen molar-refractivity contribution in [3.8, 4) is 0 Å². The SMILES string of the molecule is OC(CNc1nccn2c(C3CC3)nnc12)CN1CCOCC1. The van der Waals surface area contributed by atoms with E-state index in [9.17, 15) is 5.11 Å². The molecule has 8 nitrogen and oxygen atoms in total. The summed E-state index contributed by atoms with van der Waals surface area (Å²) in [5, 5.41) is 22.0. The van der Waals surface area contributed by atoms with Gasteiger partial charge in [-0.15, -0.1) is 10.2 Å². The Labute approximate surface area is 134 Å². The van der Waals surface area contributed by atoms with E-state index in [2.05, 4.69) is 25.4 Å². The Balaban J connectivity index is 1.39. The van der Waals surface area contributed by atoms with Crippen molar-refractivity contribution < 1.29 is 9.84 Å². The standard InChI is InChI=1S/C15H22N6O2/c22-12(10-20-5-7-23-8-6-20)9-17-13-15-19-18-14(11-1-2-11)21(15)4-3-16-13/h3-4,11-12,22H,1-2,5-10H2,(H,16,17). The molecule has 2 N–H and O–H groups in total. The van der Waals surface area contributed by atoms with Crippen LogP contribution in [0.3, 0.4) is 0 Å². The predicted octanol–water partition coefficient (Wildman–Crippen LogP) is 0.107. The van der Waals surface area contributed by atoms with Crippen molar-refractivity contribution in [1.29, 1.82) is 0 Å². The van der Waals surface area contributed by atoms with Crippen LogP contribution in [-0.2, 0) is 4.74 Å². The minimum absolute atomic E-state index is 0.440. The second-order valence-corrected chi connectivity index (χ2v) is 6.25. The number of aliphatic hydroxyl groups excluding tert-OH is 1. The molecule has 2 aliphatic rings. The van der Waals surface area contributed by atoms with E-state index >= 15 is 0 Å². The van der Waals surface area contributed by atoms with E-state index in [-0.39, 0.29) is 0 Å². The van der Waals surface area contributed by atoms with Gasteiger partial charge in [-0.25, -0.2) is 4.98 Å². The lowest BCUT2D eigenvalue weighted by Gasteiger charge is -2.28. The average Bonchev–Trinajstić information content (AvgIpc) is 3.33. The van der Waals surface area contributed by atoms with E-state index in [0.29, 0.717) is 24.8 Å². The zero-order valence-corrected chi connectivity index (χ0v) is 13.1. The second-order valence-electron chi connectivity index (χ2n) is 6.25. The van der Waals surface area contributed by atoms with Gasteiger partial charge in [0.05, 0.1) is 19.3 Å². The first kappa shape index (κ1) is 14.8. The highest BCUT2D eigenvalue weighted by Crippen LogP contribution is 2.39. The molecule has 0 spiro atoms. The van der Waals surface area contributed by atoms with Gasteiger partial charge in [-0.2, -0.15) is 0 Å². The Morgan fingerprint density at radius 2 is 2.13 bits per heavy atom. The maximum absolute atomic E-state index is 10.2. The Morgan fingerprint density at radius 3 is 2.91 bits per heavy atom. The fraction of sp³-hybridized carbons (Fsp3) is 0.667. The molecule has 1 aliphatic carbocycles. The zero-order chi connectivity index (χ0) is 15.6. The van der Waals surface area contributed by atoms with Gasteiger partial charge < -0.3 is 15.2 Å². The van der Waals surface area contributed by atoms with E-state index < -0.39 is 6.10 Å². The van der Waals surface area contributed by atoms with E-state index in [1.807, 2.05) is 10.6 Å². The fourth-order valence-electron chi connectivity index (χ4n) is 2.95. The third kappa shape index (κ3) is 3.29. The molecule has 1 saturated heterocycles. The van der Waals surface area contributed by atoms with E-state index in [0.717, 1.165) is 37.8 Å². The summed E-state index contributed by atoms with van der Waals surface area (Å²) in [6.45, 7) is 4.31. The van der Waals surface area contributed by atoms with E-state index in [1.54, 1.807) is 6.20 Å². The highest BCUT2D eigenvalue weighted by Gasteiger charge is 2.29. The molecule has 1 aliphatic heterocycles. The van der Waals surface area contributed by atoms with Gasteiger partial charge in [-0.3, -0.25) is 9.30 Å². The smallest absolute Gasteiger partial charge is 0.203 e. The molecule has 1 unspecified atom stereocenters. The number of nitrogens with one attached hydrogen (secondary N) is 1. The van der Waals surface area contributed by atoms with E-state index in [1.165, 1.54) is 12.8 Å². The largest absolute Gasteiger partial charge is 0.390 e. The maximum atomic E-state index is 10.2. The lowest BCUT2D eigenvalue weighted by Crippen LogP contribution is -2.42. The van der Waals surface area contributed by atoms with Crippen LogP contribution in [0.15, 0.2) is 12.4 Å². The summed E-state index contributed by atoms with van der Waals surface area (Å²) < 4.78 is 7.32. The number of nitrogens with zero attached hydrogens (tertiary/aromatic N) is 5. The summed E-state index contributed by atoms with van der Waals surface area (Å²) >= 11 is 0. The second kappa shape index (κ2) is 6.38. The number of ether oxygens (including phenoxy) is 1. The first-order valence-corrected chi connectivity index (χ1v) is 8.23. The number of aliphatic hydroxyl groups is 1. The van der Waals surface area contributed by atoms with Crippen molar-refractivity contribution in [1.82, 2.24) is 24.5 Å². The lowest BCUT2D eigenvalue weighted by atomic mass is 10.3. The van der Waals surface area contributed by atoms with Gasteiger partial charge in [0, 0.05) is 44.5 Å². The van der Waals surface area contributed by atoms with Crippen LogP contribution in [0.1, 0.15) is 24.6 Å². The quantitative estimate of drug-likeness (QED) is 0.781. The summed E-state index contributed by atoms with van der Waals surface area (Å²) in [5.41, 5.74) is 0.730. The monoisotopic (exact) mass is 318 g/mol. The highest BCUT2D eigenvalue weighted by molar-refractivity contribution is 5.62. The first-order valence-electron chi connectivity index (χ1n) is 8.23. The Bertz CT molecular complexity index is 665. The van der Waals surface area contributed by atoms with Crippen LogP contribution in [0, 0.1) is 0 Å². The Kier molecular flexibility index (Phi) is 4.11. The lowest BCUT2D eigenvalue weighted by molar-refractivity contribution is 0.0171. The molecule has 23 heavy (non-hydrogen) atoms. The molecule has 2 aromatic rings. The molecule has 0 aromatic carbocycles. The topological polar surface area (TPSA) is 87.8 Å². The summed E-state index contributed by atoms with van der Waals surface area (Å²) in [6.07, 6.45) is 5.56. The van der Waals surface area contributed by atoms with Gasteiger partial charge in [0.25, 0.3) is 0 Å². The van der Waals surface area contributed by atoms with Gasteiger partial charge in [-0.05, 0) is 12.8 Å². The van der Waals surface area contributed by atoms with Crippen LogP contribution in [0.25, 0.3) is 5.65 Å². The molecule has 1 atom stereocenters. The molecule has 0 amide bonds. The number of hydrogen-bond acceptors (Lipinski definition) is 7. The average molecular weight is 318 g/mol. The van der Waals surface area contributed by atoms with Crippen LogP contribution in [-0.4, -0.2) is 75.1 Å². The molecule has 124 valence electrons. The van der Waals surface area contributed by atoms with Crippen molar-refractivity contribution in [3.63, 3.8) is 0 Å². The summed E-state index contributed by atoms with van der Waals surface area (Å²) in [5.74, 6) is 2.22. The first-order chi connectivity index (χ1) is 11.3. The summed E-state index contributed by atoms with van der Waals surface area (Å²) in [7, 11) is 0. The number of fused-ring (bicyclic) bond motifs is 1. The normalized spacial score (nSPS) is 20.7. The van der Waals surface area contributed by atoms with Gasteiger partial charge in [0.2, 0.25) is 5.65 Å². The van der Waals surface area contributed by atoms with Crippen molar-refractivity contribution in [2.75, 3.05) is 44.7 Å². The number of morpholine rings is 1. The minimum Gasteiger partial charge on any atom is -0.390 e. The molecule has 8 heteroatoms. The minimum atomic E-state index is -0.457. The maximum Gasteiger partial charge on any atom is 0.203 e. The molecule has 0 bridgehead atoms. The predicted molar refractivity (Wildman–Crippen MR) is 84.5 cm³/mol. The van der Waals surface area contributed by atoms with Gasteiger partial charge in [0.15, 0.2) is 5.82 Å². The van der Waals surface area contributed by atoms with Gasteiger partial charge >= 0.3 is 0 Å². The molecule has 3 heterocycles. The highest BCUT2D eigenvalue weighted by atomic mass is 16.5. The number of β-amino-alcohol motifs (C(OH)–C–C–N with tert-alkyl or cyclic N) is 1. The van der Waals surface area contributed by atoms with Crippen LogP contribution in [0.4, 0.5) is 5.82 Å². The third-order valence-electron chi connectivity index (χ3n) is 4.37. The van der Waals surface area contributed by atoms with Crippen molar-refractivity contribution in [2.24, 2.45) is 0 Å². The molecule has 1 saturated carbocycles. The Hall–Kier alpha value is -1.77. The molecule has 4 rings (SSSR count).